The lowest BCUT2D eigenvalue weighted by molar-refractivity contribution is -0.146. The highest BCUT2D eigenvalue weighted by Crippen LogP contribution is 2.47. The SMILES string of the molecule is CCOC(=O)C1=C(N)Oc2c(Br)cc(Br)cc2[C@@H]1[C@@H](C#N)C(=O)OCC. The standard InChI is InChI=1S/C17H16Br2N2O5/c1-3-24-16(22)10(7-20)12-9-5-8(18)6-11(19)14(9)26-15(21)13(12)17(23)25-4-2/h5-6,10,12H,3-4,21H2,1-2H3/t10-,12-/m1/s1. The predicted octanol–water partition coefficient (Wildman–Crippen LogP) is 3.12. The van der Waals surface area contributed by atoms with Crippen LogP contribution in [0.15, 0.2) is 32.5 Å². The molecule has 2 rings (SSSR count). The van der Waals surface area contributed by atoms with Gasteiger partial charge in [0.05, 0.1) is 29.7 Å². The fraction of sp³-hybridized carbons (Fsp3) is 0.353. The molecule has 0 aromatic heterocycles. The van der Waals surface area contributed by atoms with E-state index < -0.39 is 23.8 Å². The largest absolute Gasteiger partial charge is 0.465 e. The molecule has 0 fully saturated rings. The van der Waals surface area contributed by atoms with Crippen LogP contribution >= 0.6 is 31.9 Å². The molecule has 0 spiro atoms. The van der Waals surface area contributed by atoms with E-state index in [1.165, 1.54) is 0 Å². The molecule has 26 heavy (non-hydrogen) atoms. The molecular weight excluding hydrogens is 472 g/mol. The van der Waals surface area contributed by atoms with E-state index in [-0.39, 0.29) is 24.7 Å². The summed E-state index contributed by atoms with van der Waals surface area (Å²) >= 11 is 6.73. The Morgan fingerprint density at radius 3 is 2.54 bits per heavy atom. The van der Waals surface area contributed by atoms with Gasteiger partial charge in [0.15, 0.2) is 5.92 Å². The predicted molar refractivity (Wildman–Crippen MR) is 98.8 cm³/mol. The number of nitrogens with two attached hydrogens (primary N) is 1. The summed E-state index contributed by atoms with van der Waals surface area (Å²) in [5.41, 5.74) is 6.32. The molecule has 1 aromatic carbocycles. The summed E-state index contributed by atoms with van der Waals surface area (Å²) < 4.78 is 16.9. The Hall–Kier alpha value is -2.05. The summed E-state index contributed by atoms with van der Waals surface area (Å²) in [6.45, 7) is 3.48. The van der Waals surface area contributed by atoms with Crippen LogP contribution in [0, 0.1) is 17.2 Å². The molecule has 0 saturated heterocycles. The molecular formula is C17H16Br2N2O5. The molecule has 9 heteroatoms. The number of nitriles is 1. The van der Waals surface area contributed by atoms with Gasteiger partial charge < -0.3 is 19.9 Å². The Kier molecular flexibility index (Phi) is 6.67. The number of benzene rings is 1. The van der Waals surface area contributed by atoms with Crippen LogP contribution in [0.5, 0.6) is 5.75 Å². The van der Waals surface area contributed by atoms with Crippen LogP contribution < -0.4 is 10.5 Å². The first-order valence-corrected chi connectivity index (χ1v) is 9.34. The molecule has 0 amide bonds. The van der Waals surface area contributed by atoms with E-state index >= 15 is 0 Å². The number of fused-ring (bicyclic) bond motifs is 1. The molecule has 1 heterocycles. The van der Waals surface area contributed by atoms with Gasteiger partial charge in [0.2, 0.25) is 5.88 Å². The van der Waals surface area contributed by atoms with Crippen LogP contribution in [-0.4, -0.2) is 25.2 Å². The molecule has 0 saturated carbocycles. The summed E-state index contributed by atoms with van der Waals surface area (Å²) in [5, 5.41) is 9.62. The van der Waals surface area contributed by atoms with Gasteiger partial charge in [0.25, 0.3) is 0 Å². The number of halogens is 2. The number of hydrogen-bond acceptors (Lipinski definition) is 7. The van der Waals surface area contributed by atoms with Gasteiger partial charge in [-0.25, -0.2) is 4.79 Å². The summed E-state index contributed by atoms with van der Waals surface area (Å²) in [7, 11) is 0. The first-order valence-electron chi connectivity index (χ1n) is 7.75. The average Bonchev–Trinajstić information content (AvgIpc) is 2.56. The van der Waals surface area contributed by atoms with Crippen molar-refractivity contribution in [2.24, 2.45) is 11.7 Å². The van der Waals surface area contributed by atoms with Crippen LogP contribution in [0.1, 0.15) is 25.3 Å². The van der Waals surface area contributed by atoms with E-state index in [1.54, 1.807) is 26.0 Å². The zero-order valence-electron chi connectivity index (χ0n) is 14.0. The summed E-state index contributed by atoms with van der Waals surface area (Å²) in [6.07, 6.45) is 0. The van der Waals surface area contributed by atoms with E-state index in [0.717, 1.165) is 0 Å². The molecule has 0 bridgehead atoms. The highest BCUT2D eigenvalue weighted by molar-refractivity contribution is 9.11. The number of carbonyl (C=O) groups is 2. The zero-order chi connectivity index (χ0) is 19.4. The highest BCUT2D eigenvalue weighted by atomic mass is 79.9. The summed E-state index contributed by atoms with van der Waals surface area (Å²) in [6, 6.07) is 5.32. The molecule has 2 atom stereocenters. The van der Waals surface area contributed by atoms with E-state index in [9.17, 15) is 14.9 Å². The minimum absolute atomic E-state index is 0.0797. The maximum atomic E-state index is 12.5. The first-order chi connectivity index (χ1) is 12.3. The zero-order valence-corrected chi connectivity index (χ0v) is 17.2. The minimum atomic E-state index is -1.29. The van der Waals surface area contributed by atoms with Crippen molar-refractivity contribution < 1.29 is 23.8 Å². The Morgan fingerprint density at radius 2 is 1.96 bits per heavy atom. The van der Waals surface area contributed by atoms with E-state index in [4.69, 9.17) is 19.9 Å². The fourth-order valence-electron chi connectivity index (χ4n) is 2.67. The first kappa shape index (κ1) is 20.3. The number of hydrogen-bond donors (Lipinski definition) is 1. The van der Waals surface area contributed by atoms with Crippen LogP contribution in [0.2, 0.25) is 0 Å². The highest BCUT2D eigenvalue weighted by Gasteiger charge is 2.44. The molecule has 1 aromatic rings. The third-order valence-electron chi connectivity index (χ3n) is 3.67. The van der Waals surface area contributed by atoms with Crippen LogP contribution in [0.25, 0.3) is 0 Å². The van der Waals surface area contributed by atoms with Crippen molar-refractivity contribution in [2.45, 2.75) is 19.8 Å². The van der Waals surface area contributed by atoms with Gasteiger partial charge in [-0.15, -0.1) is 0 Å². The molecule has 0 aliphatic carbocycles. The van der Waals surface area contributed by atoms with Gasteiger partial charge in [-0.3, -0.25) is 4.79 Å². The van der Waals surface area contributed by atoms with Crippen molar-refractivity contribution in [3.8, 4) is 11.8 Å². The molecule has 0 radical (unpaired) electrons. The van der Waals surface area contributed by atoms with E-state index in [0.29, 0.717) is 20.3 Å². The average molecular weight is 488 g/mol. The second kappa shape index (κ2) is 8.56. The quantitative estimate of drug-likeness (QED) is 0.635. The number of rotatable bonds is 5. The van der Waals surface area contributed by atoms with Gasteiger partial charge in [0, 0.05) is 10.0 Å². The van der Waals surface area contributed by atoms with Gasteiger partial charge >= 0.3 is 11.9 Å². The van der Waals surface area contributed by atoms with Gasteiger partial charge in [-0.2, -0.15) is 5.26 Å². The Labute approximate surface area is 167 Å². The molecule has 0 unspecified atom stereocenters. The lowest BCUT2D eigenvalue weighted by Crippen LogP contribution is -2.34. The van der Waals surface area contributed by atoms with Crippen molar-refractivity contribution in [1.82, 2.24) is 0 Å². The van der Waals surface area contributed by atoms with Crippen LogP contribution in [0.3, 0.4) is 0 Å². The molecule has 2 N–H and O–H groups in total. The van der Waals surface area contributed by atoms with E-state index in [2.05, 4.69) is 31.9 Å². The van der Waals surface area contributed by atoms with Gasteiger partial charge in [0.1, 0.15) is 11.3 Å². The Balaban J connectivity index is 2.70. The van der Waals surface area contributed by atoms with Crippen LogP contribution in [-0.2, 0) is 19.1 Å². The Morgan fingerprint density at radius 1 is 1.31 bits per heavy atom. The maximum Gasteiger partial charge on any atom is 0.340 e. The van der Waals surface area contributed by atoms with E-state index in [1.807, 2.05) is 6.07 Å². The number of esters is 2. The third kappa shape index (κ3) is 3.86. The Bertz CT molecular complexity index is 816. The second-order valence-electron chi connectivity index (χ2n) is 5.24. The third-order valence-corrected chi connectivity index (χ3v) is 4.72. The van der Waals surface area contributed by atoms with Gasteiger partial charge in [-0.05, 0) is 41.9 Å². The molecule has 1 aliphatic rings. The lowest BCUT2D eigenvalue weighted by atomic mass is 9.79. The number of nitrogens with zero attached hydrogens (tertiary/aromatic N) is 1. The van der Waals surface area contributed by atoms with Crippen molar-refractivity contribution in [1.29, 1.82) is 5.26 Å². The topological polar surface area (TPSA) is 112 Å². The second-order valence-corrected chi connectivity index (χ2v) is 7.01. The summed E-state index contributed by atoms with van der Waals surface area (Å²) in [4.78, 5) is 24.8. The molecule has 138 valence electrons. The lowest BCUT2D eigenvalue weighted by Gasteiger charge is -2.30. The van der Waals surface area contributed by atoms with Crippen molar-refractivity contribution in [3.63, 3.8) is 0 Å². The van der Waals surface area contributed by atoms with Crippen molar-refractivity contribution in [3.05, 3.63) is 38.1 Å². The van der Waals surface area contributed by atoms with Gasteiger partial charge in [-0.1, -0.05) is 15.9 Å². The number of ether oxygens (including phenoxy) is 3. The van der Waals surface area contributed by atoms with Crippen molar-refractivity contribution >= 4 is 43.8 Å². The minimum Gasteiger partial charge on any atom is -0.465 e. The monoisotopic (exact) mass is 486 g/mol. The summed E-state index contributed by atoms with van der Waals surface area (Å²) in [5.74, 6) is -3.67. The van der Waals surface area contributed by atoms with Crippen LogP contribution in [0.4, 0.5) is 0 Å². The molecule has 1 aliphatic heterocycles. The molecule has 7 nitrogen and oxygen atoms in total. The maximum absolute atomic E-state index is 12.5. The van der Waals surface area contributed by atoms with Crippen molar-refractivity contribution in [2.75, 3.05) is 13.2 Å². The number of carbonyl (C=O) groups excluding carboxylic acids is 2. The normalized spacial score (nSPS) is 16.8. The smallest absolute Gasteiger partial charge is 0.340 e. The fourth-order valence-corrected chi connectivity index (χ4v) is 4.01.